The van der Waals surface area contributed by atoms with Gasteiger partial charge in [-0.2, -0.15) is 0 Å². The van der Waals surface area contributed by atoms with Gasteiger partial charge in [-0.25, -0.2) is 9.59 Å². The first kappa shape index (κ1) is 15.8. The number of ketones is 1. The van der Waals surface area contributed by atoms with Crippen LogP contribution in [0.2, 0.25) is 0 Å². The van der Waals surface area contributed by atoms with Gasteiger partial charge in [-0.1, -0.05) is 0 Å². The smallest absolute Gasteiger partial charge is 0.410 e. The molecule has 0 fully saturated rings. The van der Waals surface area contributed by atoms with Crippen molar-refractivity contribution in [3.63, 3.8) is 0 Å². The molecular formula is C17H15NO6. The van der Waals surface area contributed by atoms with Crippen LogP contribution in [0.4, 0.5) is 4.79 Å². The first-order chi connectivity index (χ1) is 11.4. The molecule has 2 aliphatic rings. The quantitative estimate of drug-likeness (QED) is 0.657. The first-order valence-electron chi connectivity index (χ1n) is 7.24. The van der Waals surface area contributed by atoms with Crippen molar-refractivity contribution in [2.75, 3.05) is 20.2 Å². The Bertz CT molecular complexity index is 803. The van der Waals surface area contributed by atoms with Crippen molar-refractivity contribution < 1.29 is 29.0 Å². The highest BCUT2D eigenvalue weighted by molar-refractivity contribution is 6.11. The molecule has 124 valence electrons. The Morgan fingerprint density at radius 3 is 2.50 bits per heavy atom. The molecule has 0 radical (unpaired) electrons. The number of aromatic hydroxyl groups is 1. The summed E-state index contributed by atoms with van der Waals surface area (Å²) >= 11 is 0. The fourth-order valence-corrected chi connectivity index (χ4v) is 2.69. The van der Waals surface area contributed by atoms with Gasteiger partial charge in [0.05, 0.1) is 25.8 Å². The highest BCUT2D eigenvalue weighted by Gasteiger charge is 2.38. The zero-order valence-corrected chi connectivity index (χ0v) is 13.2. The number of ether oxygens (including phenoxy) is 2. The third kappa shape index (κ3) is 2.54. The predicted molar refractivity (Wildman–Crippen MR) is 82.2 cm³/mol. The van der Waals surface area contributed by atoms with Crippen LogP contribution in [0.25, 0.3) is 0 Å². The lowest BCUT2D eigenvalue weighted by Crippen LogP contribution is -2.39. The van der Waals surface area contributed by atoms with E-state index < -0.39 is 12.1 Å². The molecule has 1 amide bonds. The number of benzene rings is 1. The molecule has 1 aromatic carbocycles. The van der Waals surface area contributed by atoms with Crippen LogP contribution in [-0.4, -0.2) is 48.1 Å². The van der Waals surface area contributed by atoms with Crippen molar-refractivity contribution in [3.05, 3.63) is 52.3 Å². The monoisotopic (exact) mass is 329 g/mol. The van der Waals surface area contributed by atoms with E-state index in [1.807, 2.05) is 0 Å². The average molecular weight is 329 g/mol. The van der Waals surface area contributed by atoms with Gasteiger partial charge in [0.1, 0.15) is 11.5 Å². The fourth-order valence-electron chi connectivity index (χ4n) is 2.69. The van der Waals surface area contributed by atoms with Crippen molar-refractivity contribution in [1.29, 1.82) is 0 Å². The maximum absolute atomic E-state index is 12.8. The molecule has 0 unspecified atom stereocenters. The third-order valence-electron chi connectivity index (χ3n) is 4.04. The number of amides is 1. The second-order valence-corrected chi connectivity index (χ2v) is 5.50. The Hall–Kier alpha value is -3.09. The summed E-state index contributed by atoms with van der Waals surface area (Å²) in [6.07, 6.45) is -0.593. The Morgan fingerprint density at radius 1 is 1.21 bits per heavy atom. The average Bonchev–Trinajstić information content (AvgIpc) is 2.88. The van der Waals surface area contributed by atoms with E-state index in [1.54, 1.807) is 6.92 Å². The summed E-state index contributed by atoms with van der Waals surface area (Å²) in [7, 11) is 1.25. The SMILES string of the molecule is COC(=O)N1CC2=C(C)C(=O)OC2=C(C(=O)c2ccc(O)cc2)C1. The second-order valence-electron chi connectivity index (χ2n) is 5.50. The number of nitrogens with zero attached hydrogens (tertiary/aromatic N) is 1. The molecule has 2 aliphatic heterocycles. The summed E-state index contributed by atoms with van der Waals surface area (Å²) in [5.74, 6) is -0.648. The Balaban J connectivity index is 2.06. The molecule has 0 aliphatic carbocycles. The summed E-state index contributed by atoms with van der Waals surface area (Å²) < 4.78 is 9.96. The number of phenols is 1. The van der Waals surface area contributed by atoms with E-state index in [1.165, 1.54) is 36.3 Å². The predicted octanol–water partition coefficient (Wildman–Crippen LogP) is 1.78. The number of hydrogen-bond acceptors (Lipinski definition) is 6. The molecule has 7 nitrogen and oxygen atoms in total. The van der Waals surface area contributed by atoms with Crippen LogP contribution in [-0.2, 0) is 14.3 Å². The van der Waals surface area contributed by atoms with E-state index in [0.29, 0.717) is 16.7 Å². The van der Waals surface area contributed by atoms with Gasteiger partial charge < -0.3 is 14.6 Å². The van der Waals surface area contributed by atoms with Crippen molar-refractivity contribution in [2.24, 2.45) is 0 Å². The van der Waals surface area contributed by atoms with Gasteiger partial charge >= 0.3 is 12.1 Å². The van der Waals surface area contributed by atoms with Crippen molar-refractivity contribution >= 4 is 17.8 Å². The number of fused-ring (bicyclic) bond motifs is 1. The van der Waals surface area contributed by atoms with Crippen LogP contribution >= 0.6 is 0 Å². The van der Waals surface area contributed by atoms with Gasteiger partial charge in [0, 0.05) is 16.7 Å². The van der Waals surface area contributed by atoms with Crippen LogP contribution in [0.15, 0.2) is 46.7 Å². The van der Waals surface area contributed by atoms with Crippen LogP contribution in [0.1, 0.15) is 17.3 Å². The molecule has 24 heavy (non-hydrogen) atoms. The normalized spacial score (nSPS) is 16.9. The third-order valence-corrected chi connectivity index (χ3v) is 4.04. The number of Topliss-reactive ketones (excluding diaryl/α,β-unsaturated/α-hetero) is 1. The fraction of sp³-hybridized carbons (Fsp3) is 0.235. The minimum atomic E-state index is -0.593. The number of carbonyl (C=O) groups excluding carboxylic acids is 3. The molecule has 0 spiro atoms. The zero-order valence-electron chi connectivity index (χ0n) is 13.2. The van der Waals surface area contributed by atoms with Crippen LogP contribution in [0, 0.1) is 0 Å². The van der Waals surface area contributed by atoms with E-state index in [4.69, 9.17) is 9.47 Å². The van der Waals surface area contributed by atoms with E-state index >= 15 is 0 Å². The van der Waals surface area contributed by atoms with Gasteiger partial charge in [0.15, 0.2) is 5.78 Å². The molecule has 1 aromatic rings. The molecular weight excluding hydrogens is 314 g/mol. The van der Waals surface area contributed by atoms with Crippen molar-refractivity contribution in [2.45, 2.75) is 6.92 Å². The lowest BCUT2D eigenvalue weighted by molar-refractivity contribution is -0.133. The highest BCUT2D eigenvalue weighted by atomic mass is 16.5. The standard InChI is InChI=1S/C17H15NO6/c1-9-12-7-18(17(22)23-2)8-13(15(12)24-16(9)21)14(20)10-3-5-11(19)6-4-10/h3-6,19H,7-8H2,1-2H3. The Kier molecular flexibility index (Phi) is 3.84. The summed E-state index contributed by atoms with van der Waals surface area (Å²) in [6, 6.07) is 5.72. The maximum atomic E-state index is 12.8. The van der Waals surface area contributed by atoms with Crippen molar-refractivity contribution in [3.8, 4) is 5.75 Å². The van der Waals surface area contributed by atoms with Gasteiger partial charge in [0.2, 0.25) is 0 Å². The minimum absolute atomic E-state index is 0.0220. The molecule has 7 heteroatoms. The number of carbonyl (C=O) groups is 3. The maximum Gasteiger partial charge on any atom is 0.410 e. The zero-order chi connectivity index (χ0) is 17.4. The molecule has 0 bridgehead atoms. The van der Waals surface area contributed by atoms with Crippen LogP contribution in [0.5, 0.6) is 5.75 Å². The van der Waals surface area contributed by atoms with Crippen LogP contribution in [0.3, 0.4) is 0 Å². The summed E-state index contributed by atoms with van der Waals surface area (Å²) in [6.45, 7) is 1.71. The number of hydrogen-bond donors (Lipinski definition) is 1. The van der Waals surface area contributed by atoms with Gasteiger partial charge in [-0.15, -0.1) is 0 Å². The largest absolute Gasteiger partial charge is 0.508 e. The molecule has 2 heterocycles. The summed E-state index contributed by atoms with van der Waals surface area (Å²) in [5.41, 5.74) is 1.41. The molecule has 0 atom stereocenters. The number of rotatable bonds is 2. The Morgan fingerprint density at radius 2 is 1.88 bits per heavy atom. The topological polar surface area (TPSA) is 93.1 Å². The minimum Gasteiger partial charge on any atom is -0.508 e. The molecule has 1 N–H and O–H groups in total. The highest BCUT2D eigenvalue weighted by Crippen LogP contribution is 2.34. The second kappa shape index (κ2) is 5.84. The van der Waals surface area contributed by atoms with Gasteiger partial charge in [-0.3, -0.25) is 9.69 Å². The van der Waals surface area contributed by atoms with Crippen molar-refractivity contribution in [1.82, 2.24) is 4.90 Å². The molecule has 3 rings (SSSR count). The first-order valence-corrected chi connectivity index (χ1v) is 7.24. The van der Waals surface area contributed by atoms with E-state index in [-0.39, 0.29) is 36.0 Å². The number of phenolic OH excluding ortho intramolecular Hbond substituents is 1. The lowest BCUT2D eigenvalue weighted by Gasteiger charge is -2.28. The Labute approximate surface area is 137 Å². The van der Waals surface area contributed by atoms with E-state index in [9.17, 15) is 19.5 Å². The van der Waals surface area contributed by atoms with Crippen LogP contribution < -0.4 is 0 Å². The number of esters is 1. The molecule has 0 saturated heterocycles. The summed E-state index contributed by atoms with van der Waals surface area (Å²) in [4.78, 5) is 37.8. The van der Waals surface area contributed by atoms with E-state index in [0.717, 1.165) is 0 Å². The molecule has 0 saturated carbocycles. The lowest BCUT2D eigenvalue weighted by atomic mass is 9.95. The molecule has 0 aromatic heterocycles. The summed E-state index contributed by atoms with van der Waals surface area (Å²) in [5, 5.41) is 9.35. The van der Waals surface area contributed by atoms with E-state index in [2.05, 4.69) is 0 Å². The van der Waals surface area contributed by atoms with Gasteiger partial charge in [-0.05, 0) is 31.2 Å². The number of methoxy groups -OCH3 is 1. The van der Waals surface area contributed by atoms with Gasteiger partial charge in [0.25, 0.3) is 0 Å².